The van der Waals surface area contributed by atoms with E-state index >= 15 is 0 Å². The van der Waals surface area contributed by atoms with Crippen LogP contribution in [0.4, 0.5) is 0 Å². The predicted molar refractivity (Wildman–Crippen MR) is 96.3 cm³/mol. The van der Waals surface area contributed by atoms with Crippen LogP contribution in [0.1, 0.15) is 21.6 Å². The highest BCUT2D eigenvalue weighted by molar-refractivity contribution is 7.98. The Morgan fingerprint density at radius 3 is 2.52 bits per heavy atom. The molecule has 2 aromatic heterocycles. The summed E-state index contributed by atoms with van der Waals surface area (Å²) in [6.45, 7) is 4.06. The van der Waals surface area contributed by atoms with E-state index < -0.39 is 0 Å². The van der Waals surface area contributed by atoms with E-state index in [0.29, 0.717) is 0 Å². The lowest BCUT2D eigenvalue weighted by molar-refractivity contribution is 0.282. The van der Waals surface area contributed by atoms with Gasteiger partial charge in [-0.3, -0.25) is 9.36 Å². The number of aliphatic hydroxyl groups excluding tert-OH is 1. The third-order valence-electron chi connectivity index (χ3n) is 3.94. The monoisotopic (exact) mass is 346 g/mol. The average molecular weight is 346 g/mol. The molecule has 3 aromatic rings. The number of benzene rings is 1. The summed E-state index contributed by atoms with van der Waals surface area (Å²) < 4.78 is 1.63. The van der Waals surface area contributed by atoms with Crippen LogP contribution in [0.15, 0.2) is 34.2 Å². The van der Waals surface area contributed by atoms with Gasteiger partial charge in [-0.2, -0.15) is 0 Å². The van der Waals surface area contributed by atoms with Gasteiger partial charge in [0.1, 0.15) is 4.83 Å². The second-order valence-corrected chi connectivity index (χ2v) is 7.63. The molecule has 6 heteroatoms. The van der Waals surface area contributed by atoms with Crippen molar-refractivity contribution in [2.45, 2.75) is 31.4 Å². The molecule has 1 N–H and O–H groups in total. The van der Waals surface area contributed by atoms with E-state index in [1.54, 1.807) is 34.7 Å². The summed E-state index contributed by atoms with van der Waals surface area (Å²) in [5.41, 5.74) is 3.10. The zero-order valence-corrected chi connectivity index (χ0v) is 14.9. The normalized spacial score (nSPS) is 11.3. The lowest BCUT2D eigenvalue weighted by atomic mass is 10.2. The first kappa shape index (κ1) is 16.2. The maximum Gasteiger partial charge on any atom is 0.262 e. The molecule has 0 fully saturated rings. The van der Waals surface area contributed by atoms with Crippen molar-refractivity contribution in [3.05, 3.63) is 56.2 Å². The van der Waals surface area contributed by atoms with Crippen LogP contribution >= 0.6 is 23.1 Å². The fraction of sp³-hybridized carbons (Fsp3) is 0.294. The highest BCUT2D eigenvalue weighted by Crippen LogP contribution is 2.29. The van der Waals surface area contributed by atoms with Crippen molar-refractivity contribution in [3.63, 3.8) is 0 Å². The van der Waals surface area contributed by atoms with Crippen LogP contribution in [0.25, 0.3) is 10.2 Å². The van der Waals surface area contributed by atoms with Crippen molar-refractivity contribution in [1.82, 2.24) is 9.55 Å². The first-order valence-electron chi connectivity index (χ1n) is 7.29. The molecule has 0 aliphatic heterocycles. The lowest BCUT2D eigenvalue weighted by Gasteiger charge is -2.07. The van der Waals surface area contributed by atoms with Crippen LogP contribution < -0.4 is 5.56 Å². The number of aryl methyl sites for hydroxylation is 2. The topological polar surface area (TPSA) is 55.1 Å². The number of fused-ring (bicyclic) bond motifs is 1. The molecule has 0 aliphatic rings. The van der Waals surface area contributed by atoms with Crippen LogP contribution in [0.3, 0.4) is 0 Å². The maximum atomic E-state index is 12.6. The van der Waals surface area contributed by atoms with Crippen LogP contribution in [0.5, 0.6) is 0 Å². The molecule has 0 bridgehead atoms. The van der Waals surface area contributed by atoms with Gasteiger partial charge in [0.25, 0.3) is 5.56 Å². The molecule has 4 nitrogen and oxygen atoms in total. The molecule has 120 valence electrons. The molecule has 0 saturated carbocycles. The summed E-state index contributed by atoms with van der Waals surface area (Å²) in [6, 6.07) is 7.82. The Kier molecular flexibility index (Phi) is 4.57. The quantitative estimate of drug-likeness (QED) is 0.581. The fourth-order valence-corrected chi connectivity index (χ4v) is 4.37. The molecule has 2 heterocycles. The minimum Gasteiger partial charge on any atom is -0.392 e. The number of rotatable bonds is 4. The second-order valence-electron chi connectivity index (χ2n) is 5.49. The Morgan fingerprint density at radius 1 is 1.22 bits per heavy atom. The Hall–Kier alpha value is -1.63. The first-order chi connectivity index (χ1) is 11.0. The molecule has 0 atom stereocenters. The standard InChI is InChI=1S/C17H18N2O2S2/c1-10-11(2)23-15-14(10)16(21)19(3)17(18-15)22-9-13-6-4-12(8-20)5-7-13/h4-7,20H,8-9H2,1-3H3. The Morgan fingerprint density at radius 2 is 1.87 bits per heavy atom. The first-order valence-corrected chi connectivity index (χ1v) is 9.09. The van der Waals surface area contributed by atoms with E-state index in [-0.39, 0.29) is 12.2 Å². The van der Waals surface area contributed by atoms with Gasteiger partial charge < -0.3 is 5.11 Å². The molecule has 1 aromatic carbocycles. The molecule has 0 aliphatic carbocycles. The zero-order valence-electron chi connectivity index (χ0n) is 13.3. The minimum absolute atomic E-state index is 0.0231. The van der Waals surface area contributed by atoms with E-state index in [1.165, 1.54) is 0 Å². The SMILES string of the molecule is Cc1sc2nc(SCc3ccc(CO)cc3)n(C)c(=O)c2c1C. The van der Waals surface area contributed by atoms with Crippen LogP contribution in [0, 0.1) is 13.8 Å². The average Bonchev–Trinajstić information content (AvgIpc) is 2.84. The number of aliphatic hydroxyl groups is 1. The summed E-state index contributed by atoms with van der Waals surface area (Å²) in [6.07, 6.45) is 0. The molecule has 0 unspecified atom stereocenters. The number of hydrogen-bond donors (Lipinski definition) is 1. The van der Waals surface area contributed by atoms with E-state index in [4.69, 9.17) is 5.11 Å². The highest BCUT2D eigenvalue weighted by Gasteiger charge is 2.14. The molecule has 0 amide bonds. The third-order valence-corrected chi connectivity index (χ3v) is 6.14. The highest BCUT2D eigenvalue weighted by atomic mass is 32.2. The molecule has 23 heavy (non-hydrogen) atoms. The van der Waals surface area contributed by atoms with Crippen LogP contribution in [0.2, 0.25) is 0 Å². The molecule has 0 spiro atoms. The second kappa shape index (κ2) is 6.47. The summed E-state index contributed by atoms with van der Waals surface area (Å²) in [4.78, 5) is 19.2. The maximum absolute atomic E-state index is 12.6. The van der Waals surface area contributed by atoms with Gasteiger partial charge in [-0.05, 0) is 30.5 Å². The number of hydrogen-bond acceptors (Lipinski definition) is 5. The lowest BCUT2D eigenvalue weighted by Crippen LogP contribution is -2.19. The summed E-state index contributed by atoms with van der Waals surface area (Å²) in [7, 11) is 1.78. The fourth-order valence-electron chi connectivity index (χ4n) is 2.37. The largest absolute Gasteiger partial charge is 0.392 e. The molecule has 0 radical (unpaired) electrons. The van der Waals surface area contributed by atoms with Crippen molar-refractivity contribution >= 4 is 33.3 Å². The van der Waals surface area contributed by atoms with E-state index in [1.807, 2.05) is 38.1 Å². The van der Waals surface area contributed by atoms with Gasteiger partial charge in [-0.1, -0.05) is 36.0 Å². The van der Waals surface area contributed by atoms with E-state index in [9.17, 15) is 4.79 Å². The minimum atomic E-state index is 0.0231. The van der Waals surface area contributed by atoms with Gasteiger partial charge in [0.15, 0.2) is 5.16 Å². The summed E-state index contributed by atoms with van der Waals surface area (Å²) in [5, 5.41) is 10.5. The number of nitrogens with zero attached hydrogens (tertiary/aromatic N) is 2. The van der Waals surface area contributed by atoms with Gasteiger partial charge in [-0.25, -0.2) is 4.98 Å². The Labute approximate surface area is 142 Å². The van der Waals surface area contributed by atoms with Gasteiger partial charge in [-0.15, -0.1) is 11.3 Å². The zero-order chi connectivity index (χ0) is 16.6. The predicted octanol–water partition coefficient (Wildman–Crippen LogP) is 3.40. The molecule has 0 saturated heterocycles. The van der Waals surface area contributed by atoms with Crippen molar-refractivity contribution < 1.29 is 5.11 Å². The van der Waals surface area contributed by atoms with Crippen LogP contribution in [-0.2, 0) is 19.4 Å². The number of thiophene rings is 1. The molecular formula is C17H18N2O2S2. The van der Waals surface area contributed by atoms with Gasteiger partial charge >= 0.3 is 0 Å². The number of aromatic nitrogens is 2. The molecular weight excluding hydrogens is 328 g/mol. The van der Waals surface area contributed by atoms with Crippen molar-refractivity contribution in [3.8, 4) is 0 Å². The molecule has 3 rings (SSSR count). The van der Waals surface area contributed by atoms with Crippen molar-refractivity contribution in [1.29, 1.82) is 0 Å². The smallest absolute Gasteiger partial charge is 0.262 e. The van der Waals surface area contributed by atoms with Gasteiger partial charge in [0.2, 0.25) is 0 Å². The summed E-state index contributed by atoms with van der Waals surface area (Å²) in [5.74, 6) is 0.737. The van der Waals surface area contributed by atoms with Crippen molar-refractivity contribution in [2.75, 3.05) is 0 Å². The van der Waals surface area contributed by atoms with Gasteiger partial charge in [0, 0.05) is 17.7 Å². The van der Waals surface area contributed by atoms with E-state index in [0.717, 1.165) is 42.7 Å². The number of thioether (sulfide) groups is 1. The van der Waals surface area contributed by atoms with E-state index in [2.05, 4.69) is 4.98 Å². The van der Waals surface area contributed by atoms with Crippen LogP contribution in [-0.4, -0.2) is 14.7 Å². The Bertz CT molecular complexity index is 911. The van der Waals surface area contributed by atoms with Crippen molar-refractivity contribution in [2.24, 2.45) is 7.05 Å². The van der Waals surface area contributed by atoms with Gasteiger partial charge in [0.05, 0.1) is 12.0 Å². The summed E-state index contributed by atoms with van der Waals surface area (Å²) >= 11 is 3.13. The third kappa shape index (κ3) is 3.06. The Balaban J connectivity index is 1.90.